The molecule has 1 rings (SSSR count). The van der Waals surface area contributed by atoms with Gasteiger partial charge in [0.15, 0.2) is 0 Å². The fourth-order valence-corrected chi connectivity index (χ4v) is 1.47. The third kappa shape index (κ3) is 6.20. The summed E-state index contributed by atoms with van der Waals surface area (Å²) in [5.41, 5.74) is 0.962. The van der Waals surface area contributed by atoms with Gasteiger partial charge in [0.2, 0.25) is 5.91 Å². The number of anilines is 1. The fourth-order valence-electron chi connectivity index (χ4n) is 1.47. The molecular formula is C13H14F3N3O. The molecule has 1 N–H and O–H groups in total. The number of benzene rings is 1. The lowest BCUT2D eigenvalue weighted by Crippen LogP contribution is -2.32. The summed E-state index contributed by atoms with van der Waals surface area (Å²) in [6, 6.07) is 8.16. The van der Waals surface area contributed by atoms with Crippen LogP contribution in [-0.4, -0.2) is 37.1 Å². The zero-order valence-electron chi connectivity index (χ0n) is 10.9. The molecule has 0 saturated carbocycles. The van der Waals surface area contributed by atoms with Crippen LogP contribution in [0, 0.1) is 11.3 Å². The van der Waals surface area contributed by atoms with Crippen molar-refractivity contribution in [2.24, 2.45) is 0 Å². The quantitative estimate of drug-likeness (QED) is 0.903. The van der Waals surface area contributed by atoms with Gasteiger partial charge in [-0.05, 0) is 31.3 Å². The van der Waals surface area contributed by atoms with Crippen LogP contribution in [0.25, 0.3) is 0 Å². The number of nitrogens with one attached hydrogen (secondary N) is 1. The summed E-state index contributed by atoms with van der Waals surface area (Å²) in [5.74, 6) is -0.403. The SMILES string of the molecule is CN(CCC(F)(F)F)CC(=O)Nc1ccc(C#N)cc1. The smallest absolute Gasteiger partial charge is 0.325 e. The Hall–Kier alpha value is -2.07. The summed E-state index contributed by atoms with van der Waals surface area (Å²) in [6.45, 7) is -0.361. The Morgan fingerprint density at radius 3 is 2.45 bits per heavy atom. The van der Waals surface area contributed by atoms with E-state index < -0.39 is 18.5 Å². The van der Waals surface area contributed by atoms with Gasteiger partial charge in [0.1, 0.15) is 0 Å². The van der Waals surface area contributed by atoms with Gasteiger partial charge in [-0.1, -0.05) is 0 Å². The molecule has 4 nitrogen and oxygen atoms in total. The minimum atomic E-state index is -4.22. The van der Waals surface area contributed by atoms with Crippen LogP contribution in [0.2, 0.25) is 0 Å². The van der Waals surface area contributed by atoms with Crippen LogP contribution in [0.1, 0.15) is 12.0 Å². The molecule has 0 bridgehead atoms. The minimum absolute atomic E-state index is 0.129. The highest BCUT2D eigenvalue weighted by atomic mass is 19.4. The number of likely N-dealkylation sites (N-methyl/N-ethyl adjacent to an activating group) is 1. The second-order valence-electron chi connectivity index (χ2n) is 4.34. The zero-order valence-corrected chi connectivity index (χ0v) is 10.9. The Balaban J connectivity index is 2.41. The first-order valence-corrected chi connectivity index (χ1v) is 5.85. The van der Waals surface area contributed by atoms with Crippen LogP contribution in [0.5, 0.6) is 0 Å². The predicted molar refractivity (Wildman–Crippen MR) is 68.0 cm³/mol. The van der Waals surface area contributed by atoms with Crippen molar-refractivity contribution in [2.45, 2.75) is 12.6 Å². The van der Waals surface area contributed by atoms with E-state index in [1.54, 1.807) is 24.3 Å². The summed E-state index contributed by atoms with van der Waals surface area (Å²) >= 11 is 0. The Kier molecular flexibility index (Phi) is 5.53. The van der Waals surface area contributed by atoms with Gasteiger partial charge in [-0.15, -0.1) is 0 Å². The maximum atomic E-state index is 12.0. The van der Waals surface area contributed by atoms with Crippen molar-refractivity contribution in [3.63, 3.8) is 0 Å². The molecule has 0 aromatic heterocycles. The van der Waals surface area contributed by atoms with Crippen molar-refractivity contribution >= 4 is 11.6 Å². The second kappa shape index (κ2) is 6.91. The van der Waals surface area contributed by atoms with Gasteiger partial charge in [0.05, 0.1) is 24.6 Å². The van der Waals surface area contributed by atoms with Gasteiger partial charge in [0.25, 0.3) is 0 Å². The molecule has 0 aliphatic rings. The summed E-state index contributed by atoms with van der Waals surface area (Å²) in [6.07, 6.45) is -5.18. The molecule has 1 aromatic carbocycles. The highest BCUT2D eigenvalue weighted by Gasteiger charge is 2.27. The van der Waals surface area contributed by atoms with E-state index in [1.807, 2.05) is 6.07 Å². The number of nitrogens with zero attached hydrogens (tertiary/aromatic N) is 2. The van der Waals surface area contributed by atoms with Gasteiger partial charge >= 0.3 is 6.18 Å². The first-order chi connectivity index (χ1) is 9.30. The third-order valence-electron chi connectivity index (χ3n) is 2.49. The molecule has 0 radical (unpaired) electrons. The van der Waals surface area contributed by atoms with E-state index in [9.17, 15) is 18.0 Å². The number of nitriles is 1. The summed E-state index contributed by atoms with van der Waals surface area (Å²) in [5, 5.41) is 11.2. The average Bonchev–Trinajstić information content (AvgIpc) is 2.36. The van der Waals surface area contributed by atoms with Crippen LogP contribution >= 0.6 is 0 Å². The van der Waals surface area contributed by atoms with E-state index in [-0.39, 0.29) is 13.1 Å². The number of carbonyl (C=O) groups is 1. The largest absolute Gasteiger partial charge is 0.390 e. The Bertz CT molecular complexity index is 491. The lowest BCUT2D eigenvalue weighted by Gasteiger charge is -2.17. The van der Waals surface area contributed by atoms with E-state index in [4.69, 9.17) is 5.26 Å². The number of rotatable bonds is 5. The van der Waals surface area contributed by atoms with E-state index in [2.05, 4.69) is 5.32 Å². The molecule has 0 aliphatic carbocycles. The summed E-state index contributed by atoms with van der Waals surface area (Å²) < 4.78 is 36.1. The van der Waals surface area contributed by atoms with Crippen molar-refractivity contribution in [1.82, 2.24) is 4.90 Å². The number of hydrogen-bond donors (Lipinski definition) is 1. The lowest BCUT2D eigenvalue weighted by molar-refractivity contribution is -0.138. The number of amides is 1. The molecule has 20 heavy (non-hydrogen) atoms. The number of hydrogen-bond acceptors (Lipinski definition) is 3. The van der Waals surface area contributed by atoms with Crippen LogP contribution < -0.4 is 5.32 Å². The van der Waals surface area contributed by atoms with Gasteiger partial charge in [-0.3, -0.25) is 9.69 Å². The Labute approximate surface area is 114 Å². The molecule has 0 aliphatic heterocycles. The maximum Gasteiger partial charge on any atom is 0.390 e. The highest BCUT2D eigenvalue weighted by molar-refractivity contribution is 5.92. The molecule has 0 unspecified atom stereocenters. The van der Waals surface area contributed by atoms with Crippen molar-refractivity contribution in [3.8, 4) is 6.07 Å². The van der Waals surface area contributed by atoms with Crippen LogP contribution in [0.15, 0.2) is 24.3 Å². The van der Waals surface area contributed by atoms with E-state index in [0.717, 1.165) is 0 Å². The van der Waals surface area contributed by atoms with Crippen molar-refractivity contribution < 1.29 is 18.0 Å². The predicted octanol–water partition coefficient (Wildman–Crippen LogP) is 2.38. The summed E-state index contributed by atoms with van der Waals surface area (Å²) in [4.78, 5) is 12.9. The van der Waals surface area contributed by atoms with Crippen LogP contribution in [0.3, 0.4) is 0 Å². The monoisotopic (exact) mass is 285 g/mol. The topological polar surface area (TPSA) is 56.1 Å². The minimum Gasteiger partial charge on any atom is -0.325 e. The second-order valence-corrected chi connectivity index (χ2v) is 4.34. The molecule has 108 valence electrons. The lowest BCUT2D eigenvalue weighted by atomic mass is 10.2. The first kappa shape index (κ1) is 16.0. The van der Waals surface area contributed by atoms with Crippen LogP contribution in [0.4, 0.5) is 18.9 Å². The molecule has 0 saturated heterocycles. The van der Waals surface area contributed by atoms with Crippen molar-refractivity contribution in [1.29, 1.82) is 5.26 Å². The molecular weight excluding hydrogens is 271 g/mol. The molecule has 0 heterocycles. The number of carbonyl (C=O) groups excluding carboxylic acids is 1. The van der Waals surface area contributed by atoms with Crippen molar-refractivity contribution in [3.05, 3.63) is 29.8 Å². The Morgan fingerprint density at radius 2 is 1.95 bits per heavy atom. The molecule has 0 atom stereocenters. The van der Waals surface area contributed by atoms with Crippen LogP contribution in [-0.2, 0) is 4.79 Å². The number of alkyl halides is 3. The van der Waals surface area contributed by atoms with E-state index in [0.29, 0.717) is 11.3 Å². The Morgan fingerprint density at radius 1 is 1.35 bits per heavy atom. The van der Waals surface area contributed by atoms with Gasteiger partial charge < -0.3 is 5.32 Å². The average molecular weight is 285 g/mol. The molecule has 1 aromatic rings. The van der Waals surface area contributed by atoms with E-state index in [1.165, 1.54) is 11.9 Å². The van der Waals surface area contributed by atoms with Crippen molar-refractivity contribution in [2.75, 3.05) is 25.5 Å². The molecule has 0 spiro atoms. The summed E-state index contributed by atoms with van der Waals surface area (Å²) in [7, 11) is 1.45. The van der Waals surface area contributed by atoms with Gasteiger partial charge in [-0.25, -0.2) is 0 Å². The number of halogens is 3. The van der Waals surface area contributed by atoms with Gasteiger partial charge in [0, 0.05) is 12.2 Å². The molecule has 7 heteroatoms. The molecule has 1 amide bonds. The maximum absolute atomic E-state index is 12.0. The third-order valence-corrected chi connectivity index (χ3v) is 2.49. The normalized spacial score (nSPS) is 11.2. The molecule has 0 fully saturated rings. The highest BCUT2D eigenvalue weighted by Crippen LogP contribution is 2.19. The first-order valence-electron chi connectivity index (χ1n) is 5.85. The van der Waals surface area contributed by atoms with E-state index >= 15 is 0 Å². The van der Waals surface area contributed by atoms with Gasteiger partial charge in [-0.2, -0.15) is 18.4 Å². The standard InChI is InChI=1S/C13H14F3N3O/c1-19(7-6-13(14,15)16)9-12(20)18-11-4-2-10(8-17)3-5-11/h2-5H,6-7,9H2,1H3,(H,18,20). The fraction of sp³-hybridized carbons (Fsp3) is 0.385. The zero-order chi connectivity index (χ0) is 15.2.